The molecule has 0 unspecified atom stereocenters. The molecule has 3 rings (SSSR count). The summed E-state index contributed by atoms with van der Waals surface area (Å²) in [6.45, 7) is 2.98. The van der Waals surface area contributed by atoms with Gasteiger partial charge < -0.3 is 19.3 Å². The van der Waals surface area contributed by atoms with Crippen LogP contribution in [0.5, 0.6) is 11.5 Å². The molecule has 0 saturated carbocycles. The molecule has 1 amide bonds. The number of methoxy groups -OCH3 is 1. The molecule has 0 atom stereocenters. The number of carbonyl (C=O) groups excluding carboxylic acids is 1. The Morgan fingerprint density at radius 2 is 1.84 bits per heavy atom. The van der Waals surface area contributed by atoms with Gasteiger partial charge in [0.2, 0.25) is 0 Å². The largest absolute Gasteiger partial charge is 0.495 e. The molecule has 0 aromatic heterocycles. The number of nitrogens with zero attached hydrogens (tertiary/aromatic N) is 2. The van der Waals surface area contributed by atoms with E-state index in [0.717, 1.165) is 29.0 Å². The molecular weight excluding hydrogens is 384 g/mol. The number of ether oxygens (including phenoxy) is 2. The van der Waals surface area contributed by atoms with Gasteiger partial charge in [0.15, 0.2) is 6.61 Å². The van der Waals surface area contributed by atoms with E-state index in [4.69, 9.17) is 9.47 Å². The van der Waals surface area contributed by atoms with Gasteiger partial charge in [-0.3, -0.25) is 4.79 Å². The molecule has 0 spiro atoms. The molecule has 5 nitrogen and oxygen atoms in total. The van der Waals surface area contributed by atoms with Gasteiger partial charge in [-0.1, -0.05) is 34.1 Å². The molecule has 0 bridgehead atoms. The number of halogens is 1. The lowest BCUT2D eigenvalue weighted by Crippen LogP contribution is -2.50. The third-order valence-electron chi connectivity index (χ3n) is 4.22. The molecule has 2 aromatic rings. The van der Waals surface area contributed by atoms with Crippen LogP contribution in [0, 0.1) is 0 Å². The Morgan fingerprint density at radius 3 is 2.56 bits per heavy atom. The molecule has 0 N–H and O–H groups in total. The second kappa shape index (κ2) is 8.25. The van der Waals surface area contributed by atoms with Gasteiger partial charge in [-0.15, -0.1) is 0 Å². The Balaban J connectivity index is 1.52. The minimum absolute atomic E-state index is 0.0136. The molecule has 25 heavy (non-hydrogen) atoms. The zero-order chi connectivity index (χ0) is 17.6. The summed E-state index contributed by atoms with van der Waals surface area (Å²) in [6.07, 6.45) is 0. The van der Waals surface area contributed by atoms with Crippen molar-refractivity contribution in [1.29, 1.82) is 0 Å². The van der Waals surface area contributed by atoms with Gasteiger partial charge >= 0.3 is 0 Å². The highest BCUT2D eigenvalue weighted by Gasteiger charge is 2.23. The monoisotopic (exact) mass is 404 g/mol. The van der Waals surface area contributed by atoms with Crippen LogP contribution in [0.3, 0.4) is 0 Å². The van der Waals surface area contributed by atoms with Gasteiger partial charge in [-0.05, 0) is 30.3 Å². The van der Waals surface area contributed by atoms with E-state index in [1.54, 1.807) is 7.11 Å². The van der Waals surface area contributed by atoms with Crippen LogP contribution in [-0.2, 0) is 4.79 Å². The standard InChI is InChI=1S/C19H21BrN2O3/c1-24-18-8-3-2-7-17(18)21-9-11-22(12-10-21)19(23)14-25-16-6-4-5-15(20)13-16/h2-8,13H,9-12,14H2,1H3. The maximum atomic E-state index is 12.4. The third-order valence-corrected chi connectivity index (χ3v) is 4.71. The fraction of sp³-hybridized carbons (Fsp3) is 0.316. The lowest BCUT2D eigenvalue weighted by Gasteiger charge is -2.36. The smallest absolute Gasteiger partial charge is 0.260 e. The molecule has 0 radical (unpaired) electrons. The van der Waals surface area contributed by atoms with Gasteiger partial charge in [-0.2, -0.15) is 0 Å². The summed E-state index contributed by atoms with van der Waals surface area (Å²) in [7, 11) is 1.68. The number of anilines is 1. The topological polar surface area (TPSA) is 42.0 Å². The lowest BCUT2D eigenvalue weighted by molar-refractivity contribution is -0.133. The Hall–Kier alpha value is -2.21. The van der Waals surface area contributed by atoms with Crippen molar-refractivity contribution in [2.75, 3.05) is 44.8 Å². The highest BCUT2D eigenvalue weighted by atomic mass is 79.9. The number of piperazine rings is 1. The number of rotatable bonds is 5. The van der Waals surface area contributed by atoms with E-state index in [2.05, 4.69) is 20.8 Å². The predicted molar refractivity (Wildman–Crippen MR) is 101 cm³/mol. The first-order chi connectivity index (χ1) is 12.2. The molecule has 2 aromatic carbocycles. The van der Waals surface area contributed by atoms with Crippen LogP contribution in [0.2, 0.25) is 0 Å². The van der Waals surface area contributed by atoms with Crippen LogP contribution >= 0.6 is 15.9 Å². The maximum absolute atomic E-state index is 12.4. The first kappa shape index (κ1) is 17.6. The average Bonchev–Trinajstić information content (AvgIpc) is 2.66. The molecule has 6 heteroatoms. The van der Waals surface area contributed by atoms with Gasteiger partial charge in [-0.25, -0.2) is 0 Å². The van der Waals surface area contributed by atoms with Crippen LogP contribution in [0.15, 0.2) is 53.0 Å². The van der Waals surface area contributed by atoms with Crippen molar-refractivity contribution in [2.24, 2.45) is 0 Å². The van der Waals surface area contributed by atoms with E-state index in [9.17, 15) is 4.79 Å². The Morgan fingerprint density at radius 1 is 1.08 bits per heavy atom. The molecule has 1 heterocycles. The summed E-state index contributed by atoms with van der Waals surface area (Å²) >= 11 is 3.40. The van der Waals surface area contributed by atoms with E-state index in [-0.39, 0.29) is 12.5 Å². The van der Waals surface area contributed by atoms with Crippen molar-refractivity contribution < 1.29 is 14.3 Å². The minimum Gasteiger partial charge on any atom is -0.495 e. The van der Waals surface area contributed by atoms with Crippen LogP contribution in [0.1, 0.15) is 0 Å². The van der Waals surface area contributed by atoms with Crippen molar-refractivity contribution in [1.82, 2.24) is 4.90 Å². The van der Waals surface area contributed by atoms with E-state index >= 15 is 0 Å². The van der Waals surface area contributed by atoms with Gasteiger partial charge in [0.25, 0.3) is 5.91 Å². The summed E-state index contributed by atoms with van der Waals surface area (Å²) < 4.78 is 12.0. The number of amides is 1. The first-order valence-corrected chi connectivity index (χ1v) is 9.01. The van der Waals surface area contributed by atoms with Crippen LogP contribution in [0.25, 0.3) is 0 Å². The van der Waals surface area contributed by atoms with Crippen LogP contribution < -0.4 is 14.4 Å². The predicted octanol–water partition coefficient (Wildman–Crippen LogP) is 3.19. The average molecular weight is 405 g/mol. The van der Waals surface area contributed by atoms with Crippen molar-refractivity contribution in [3.05, 3.63) is 53.0 Å². The zero-order valence-corrected chi connectivity index (χ0v) is 15.7. The van der Waals surface area contributed by atoms with Gasteiger partial charge in [0.1, 0.15) is 11.5 Å². The van der Waals surface area contributed by atoms with Crippen molar-refractivity contribution in [2.45, 2.75) is 0 Å². The lowest BCUT2D eigenvalue weighted by atomic mass is 10.2. The van der Waals surface area contributed by atoms with E-state index in [1.165, 1.54) is 0 Å². The summed E-state index contributed by atoms with van der Waals surface area (Å²) in [5.41, 5.74) is 1.07. The van der Waals surface area contributed by atoms with E-state index in [1.807, 2.05) is 53.4 Å². The SMILES string of the molecule is COc1ccccc1N1CCN(C(=O)COc2cccc(Br)c2)CC1. The molecule has 1 fully saturated rings. The Labute approximate surface area is 156 Å². The van der Waals surface area contributed by atoms with Crippen molar-refractivity contribution in [3.63, 3.8) is 0 Å². The second-order valence-corrected chi connectivity index (χ2v) is 6.70. The molecule has 1 aliphatic heterocycles. The highest BCUT2D eigenvalue weighted by Crippen LogP contribution is 2.28. The summed E-state index contributed by atoms with van der Waals surface area (Å²) in [4.78, 5) is 16.5. The number of benzene rings is 2. The summed E-state index contributed by atoms with van der Waals surface area (Å²) in [5, 5.41) is 0. The molecular formula is C19H21BrN2O3. The number of carbonyl (C=O) groups is 1. The second-order valence-electron chi connectivity index (χ2n) is 5.79. The van der Waals surface area contributed by atoms with Crippen LogP contribution in [0.4, 0.5) is 5.69 Å². The fourth-order valence-corrected chi connectivity index (χ4v) is 3.26. The molecule has 0 aliphatic carbocycles. The number of hydrogen-bond acceptors (Lipinski definition) is 4. The number of para-hydroxylation sites is 2. The third kappa shape index (κ3) is 4.45. The van der Waals surface area contributed by atoms with E-state index < -0.39 is 0 Å². The number of hydrogen-bond donors (Lipinski definition) is 0. The van der Waals surface area contributed by atoms with Gasteiger partial charge in [0, 0.05) is 30.7 Å². The maximum Gasteiger partial charge on any atom is 0.260 e. The Kier molecular flexibility index (Phi) is 5.81. The molecule has 132 valence electrons. The normalized spacial score (nSPS) is 14.3. The van der Waals surface area contributed by atoms with Crippen molar-refractivity contribution in [3.8, 4) is 11.5 Å². The van der Waals surface area contributed by atoms with E-state index in [0.29, 0.717) is 18.8 Å². The van der Waals surface area contributed by atoms with Crippen LogP contribution in [-0.4, -0.2) is 50.7 Å². The highest BCUT2D eigenvalue weighted by molar-refractivity contribution is 9.10. The summed E-state index contributed by atoms with van der Waals surface area (Å²) in [5.74, 6) is 1.57. The Bertz CT molecular complexity index is 730. The van der Waals surface area contributed by atoms with Gasteiger partial charge in [0.05, 0.1) is 12.8 Å². The van der Waals surface area contributed by atoms with Crippen molar-refractivity contribution >= 4 is 27.5 Å². The quantitative estimate of drug-likeness (QED) is 0.767. The molecule has 1 aliphatic rings. The molecule has 1 saturated heterocycles. The zero-order valence-electron chi connectivity index (χ0n) is 14.2. The fourth-order valence-electron chi connectivity index (χ4n) is 2.88. The summed E-state index contributed by atoms with van der Waals surface area (Å²) in [6, 6.07) is 15.5. The minimum atomic E-state index is 0.0136. The first-order valence-electron chi connectivity index (χ1n) is 8.21.